The van der Waals surface area contributed by atoms with Crippen LogP contribution >= 0.6 is 45.3 Å². The molecule has 10 heteroatoms. The van der Waals surface area contributed by atoms with Crippen molar-refractivity contribution in [3.8, 4) is 31.0 Å². The summed E-state index contributed by atoms with van der Waals surface area (Å²) in [6.07, 6.45) is 3.68. The molecule has 0 atom stereocenters. The van der Waals surface area contributed by atoms with E-state index in [0.29, 0.717) is 33.4 Å². The Morgan fingerprint density at radius 2 is 0.880 bits per heavy atom. The fourth-order valence-corrected chi connectivity index (χ4v) is 12.7. The van der Waals surface area contributed by atoms with E-state index in [-0.39, 0.29) is 0 Å². The molecule has 10 rings (SSSR count). The summed E-state index contributed by atoms with van der Waals surface area (Å²) in [7, 11) is 0. The molecule has 6 heterocycles. The van der Waals surface area contributed by atoms with Crippen LogP contribution in [0, 0.1) is 0 Å². The number of carbonyl (C=O) groups is 4. The van der Waals surface area contributed by atoms with E-state index in [9.17, 15) is 19.2 Å². The van der Waals surface area contributed by atoms with E-state index >= 15 is 0 Å². The molecule has 2 aliphatic heterocycles. The number of thiophene rings is 4. The molecule has 0 fully saturated rings. The zero-order valence-corrected chi connectivity index (χ0v) is 30.3. The topological polar surface area (TPSA) is 86.7 Å². The zero-order valence-electron chi connectivity index (χ0n) is 27.0. The van der Waals surface area contributed by atoms with Crippen molar-refractivity contribution in [2.45, 2.75) is 38.9 Å². The van der Waals surface area contributed by atoms with Crippen LogP contribution in [0.2, 0.25) is 0 Å². The van der Waals surface area contributed by atoms with Crippen LogP contribution in [0.3, 0.4) is 0 Å². The second-order valence-corrected chi connectivity index (χ2v) is 17.9. The lowest BCUT2D eigenvalue weighted by Crippen LogP contribution is -2.27. The molecule has 0 spiro atoms. The lowest BCUT2D eigenvalue weighted by Gasteiger charge is -2.31. The normalized spacial score (nSPS) is 19.3. The molecular weight excluding hydrogens is 705 g/mol. The highest BCUT2D eigenvalue weighted by atomic mass is 32.1. The van der Waals surface area contributed by atoms with Crippen LogP contribution in [0.25, 0.3) is 52.2 Å². The van der Waals surface area contributed by atoms with Crippen LogP contribution in [-0.4, -0.2) is 23.1 Å². The van der Waals surface area contributed by atoms with Gasteiger partial charge < -0.3 is 9.47 Å². The van der Waals surface area contributed by atoms with E-state index in [0.717, 1.165) is 61.3 Å². The number of allylic oxidation sites excluding steroid dienone is 2. The predicted molar refractivity (Wildman–Crippen MR) is 201 cm³/mol. The summed E-state index contributed by atoms with van der Waals surface area (Å²) in [6.45, 7) is 8.22. The molecule has 0 N–H and O–H groups in total. The number of ketones is 4. The number of hydrogen-bond acceptors (Lipinski definition) is 10. The molecule has 2 aliphatic carbocycles. The van der Waals surface area contributed by atoms with Gasteiger partial charge in [-0.2, -0.15) is 0 Å². The first-order chi connectivity index (χ1) is 23.9. The quantitative estimate of drug-likeness (QED) is 0.130. The van der Waals surface area contributed by atoms with Gasteiger partial charge in [-0.25, -0.2) is 0 Å². The maximum Gasteiger partial charge on any atom is 0.234 e. The van der Waals surface area contributed by atoms with E-state index in [4.69, 9.17) is 9.47 Å². The molecule has 4 aliphatic rings. The van der Waals surface area contributed by atoms with E-state index in [1.54, 1.807) is 69.6 Å². The van der Waals surface area contributed by atoms with Crippen molar-refractivity contribution in [3.63, 3.8) is 0 Å². The Labute approximate surface area is 301 Å². The fraction of sp³-hybridized carbons (Fsp3) is 0.150. The maximum atomic E-state index is 13.0. The SMILES string of the molecule is CC1(C)Oc2c(sc3c4c(sc23)-c2sc(/C=C3\C(=O)C(=O)c5ccccc53)cc2C(C)(C)O4)-c2sc(/C=C3\C(=O)C(=O)c4ccccc43)cc21. The molecule has 0 amide bonds. The van der Waals surface area contributed by atoms with Gasteiger partial charge >= 0.3 is 0 Å². The van der Waals surface area contributed by atoms with Gasteiger partial charge in [0, 0.05) is 43.2 Å². The molecule has 4 aromatic heterocycles. The van der Waals surface area contributed by atoms with Crippen LogP contribution in [0.15, 0.2) is 60.7 Å². The van der Waals surface area contributed by atoms with Crippen molar-refractivity contribution < 1.29 is 28.7 Å². The third-order valence-electron chi connectivity index (χ3n) is 9.76. The number of Topliss-reactive ketones (excluding diaryl/α,β-unsaturated/α-hetero) is 4. The smallest absolute Gasteiger partial charge is 0.234 e. The lowest BCUT2D eigenvalue weighted by atomic mass is 9.94. The number of ether oxygens (including phenoxy) is 2. The lowest BCUT2D eigenvalue weighted by molar-refractivity contribution is -0.110. The van der Waals surface area contributed by atoms with Crippen molar-refractivity contribution in [2.75, 3.05) is 0 Å². The monoisotopic (exact) mass is 728 g/mol. The second-order valence-electron chi connectivity index (χ2n) is 13.7. The zero-order chi connectivity index (χ0) is 34.4. The van der Waals surface area contributed by atoms with Gasteiger partial charge in [0.25, 0.3) is 0 Å². The summed E-state index contributed by atoms with van der Waals surface area (Å²) in [4.78, 5) is 57.3. The van der Waals surface area contributed by atoms with Crippen LogP contribution in [0.4, 0.5) is 0 Å². The van der Waals surface area contributed by atoms with Crippen LogP contribution in [0.5, 0.6) is 11.5 Å². The summed E-state index contributed by atoms with van der Waals surface area (Å²) < 4.78 is 15.6. The summed E-state index contributed by atoms with van der Waals surface area (Å²) in [5, 5.41) is 0. The second kappa shape index (κ2) is 9.95. The minimum Gasteiger partial charge on any atom is -0.480 e. The summed E-state index contributed by atoms with van der Waals surface area (Å²) >= 11 is 6.51. The Morgan fingerprint density at radius 3 is 1.28 bits per heavy atom. The maximum absolute atomic E-state index is 13.0. The van der Waals surface area contributed by atoms with Crippen molar-refractivity contribution in [2.24, 2.45) is 0 Å². The summed E-state index contributed by atoms with van der Waals surface area (Å²) in [5.41, 5.74) is 3.89. The Bertz CT molecular complexity index is 2500. The van der Waals surface area contributed by atoms with Crippen molar-refractivity contribution in [1.29, 1.82) is 0 Å². The predicted octanol–water partition coefficient (Wildman–Crippen LogP) is 10.3. The number of rotatable bonds is 2. The van der Waals surface area contributed by atoms with Gasteiger partial charge in [-0.15, -0.1) is 45.3 Å². The molecule has 2 aromatic carbocycles. The minimum atomic E-state index is -0.642. The Kier molecular flexibility index (Phi) is 5.99. The number of fused-ring (bicyclic) bond motifs is 11. The van der Waals surface area contributed by atoms with Gasteiger partial charge in [0.1, 0.15) is 11.2 Å². The van der Waals surface area contributed by atoms with Crippen molar-refractivity contribution in [1.82, 2.24) is 0 Å². The molecule has 0 unspecified atom stereocenters. The van der Waals surface area contributed by atoms with Crippen LogP contribution < -0.4 is 9.47 Å². The minimum absolute atomic E-state index is 0.426. The average molecular weight is 729 g/mol. The van der Waals surface area contributed by atoms with Gasteiger partial charge in [-0.05, 0) is 63.1 Å². The van der Waals surface area contributed by atoms with E-state index in [2.05, 4.69) is 39.8 Å². The van der Waals surface area contributed by atoms with Gasteiger partial charge in [0.15, 0.2) is 11.5 Å². The van der Waals surface area contributed by atoms with Gasteiger partial charge in [0.2, 0.25) is 23.1 Å². The number of hydrogen-bond donors (Lipinski definition) is 0. The molecule has 50 heavy (non-hydrogen) atoms. The highest BCUT2D eigenvalue weighted by Crippen LogP contribution is 2.64. The van der Waals surface area contributed by atoms with E-state index in [1.165, 1.54) is 0 Å². The molecule has 0 saturated carbocycles. The van der Waals surface area contributed by atoms with Crippen molar-refractivity contribution in [3.05, 3.63) is 104 Å². The molecule has 6 nitrogen and oxygen atoms in total. The first kappa shape index (κ1) is 30.1. The third-order valence-corrected chi connectivity index (χ3v) is 14.7. The molecule has 0 radical (unpaired) electrons. The van der Waals surface area contributed by atoms with E-state index in [1.807, 2.05) is 36.4 Å². The molecule has 6 aromatic rings. The van der Waals surface area contributed by atoms with Gasteiger partial charge in [-0.3, -0.25) is 19.2 Å². The standard InChI is InChI=1S/C40H24O6S4/c1-39(2)25-15-17(13-23-19-9-5-7-11-21(19)27(41)29(23)43)47-33(25)35-31(45-39)37-38(49-35)32-36(50-37)34-26(40(3,4)46-32)16-18(48-34)14-24-20-10-6-8-12-22(20)28(42)30(24)44/h5-16H,1-4H3/b23-13-,24-14-. The fourth-order valence-electron chi connectivity index (χ4n) is 7.33. The first-order valence-electron chi connectivity index (χ1n) is 16.0. The molecule has 0 bridgehead atoms. The van der Waals surface area contributed by atoms with Crippen LogP contribution in [-0.2, 0) is 20.8 Å². The summed E-state index contributed by atoms with van der Waals surface area (Å²) in [5.74, 6) is -0.219. The number of benzene rings is 2. The molecule has 0 saturated heterocycles. The summed E-state index contributed by atoms with van der Waals surface area (Å²) in [6, 6.07) is 18.5. The molecular formula is C40H24O6S4. The Hall–Kier alpha value is -4.74. The first-order valence-corrected chi connectivity index (χ1v) is 19.2. The Balaban J connectivity index is 1.09. The van der Waals surface area contributed by atoms with Gasteiger partial charge in [-0.1, -0.05) is 48.5 Å². The van der Waals surface area contributed by atoms with Crippen molar-refractivity contribution >= 4 is 101 Å². The number of carbonyl (C=O) groups excluding carboxylic acids is 4. The third kappa shape index (κ3) is 3.98. The highest BCUT2D eigenvalue weighted by Gasteiger charge is 2.43. The van der Waals surface area contributed by atoms with Gasteiger partial charge in [0.05, 0.1) is 28.9 Å². The molecule has 244 valence electrons. The highest BCUT2D eigenvalue weighted by molar-refractivity contribution is 7.35. The van der Waals surface area contributed by atoms with E-state index < -0.39 is 34.3 Å². The van der Waals surface area contributed by atoms with Crippen LogP contribution in [0.1, 0.15) is 80.4 Å². The largest absolute Gasteiger partial charge is 0.480 e. The Morgan fingerprint density at radius 1 is 0.500 bits per heavy atom. The average Bonchev–Trinajstić information content (AvgIpc) is 3.92.